The average molecular weight is 270 g/mol. The van der Waals surface area contributed by atoms with Gasteiger partial charge in [0.1, 0.15) is 11.6 Å². The quantitative estimate of drug-likeness (QED) is 0.798. The van der Waals surface area contributed by atoms with Crippen LogP contribution in [0, 0.1) is 17.6 Å². The Balaban J connectivity index is 2.19. The number of benzene rings is 1. The number of hydrogen-bond donors (Lipinski definition) is 2. The number of carbonyl (C=O) groups excluding carboxylic acids is 1. The van der Waals surface area contributed by atoms with Crippen LogP contribution in [0.4, 0.5) is 14.5 Å². The molecule has 1 fully saturated rings. The third-order valence-corrected chi connectivity index (χ3v) is 3.51. The lowest BCUT2D eigenvalue weighted by molar-refractivity contribution is 0.0758. The molecular formula is C13H16F2N2O2. The fraction of sp³-hybridized carbons (Fsp3) is 0.462. The summed E-state index contributed by atoms with van der Waals surface area (Å²) in [7, 11) is 0. The Hall–Kier alpha value is -1.69. The SMILES string of the molecule is CC(O)C1CCN(C(=O)c2cc(N)c(F)cc2F)C1. The number of likely N-dealkylation sites (tertiary alicyclic amines) is 1. The zero-order valence-electron chi connectivity index (χ0n) is 10.6. The first-order chi connectivity index (χ1) is 8.90. The van der Waals surface area contributed by atoms with Crippen LogP contribution >= 0.6 is 0 Å². The van der Waals surface area contributed by atoms with E-state index in [1.165, 1.54) is 4.90 Å². The number of aliphatic hydroxyl groups excluding tert-OH is 1. The summed E-state index contributed by atoms with van der Waals surface area (Å²) in [5.74, 6) is -2.33. The van der Waals surface area contributed by atoms with E-state index in [4.69, 9.17) is 5.73 Å². The molecule has 19 heavy (non-hydrogen) atoms. The summed E-state index contributed by atoms with van der Waals surface area (Å²) in [4.78, 5) is 13.6. The molecule has 0 aromatic heterocycles. The number of amides is 1. The topological polar surface area (TPSA) is 66.6 Å². The van der Waals surface area contributed by atoms with Crippen molar-refractivity contribution < 1.29 is 18.7 Å². The number of nitrogens with two attached hydrogens (primary N) is 1. The Labute approximate surface area is 109 Å². The van der Waals surface area contributed by atoms with Crippen molar-refractivity contribution in [1.29, 1.82) is 0 Å². The minimum absolute atomic E-state index is 0.00944. The van der Waals surface area contributed by atoms with Gasteiger partial charge in [0.05, 0.1) is 17.4 Å². The molecule has 0 spiro atoms. The van der Waals surface area contributed by atoms with Gasteiger partial charge in [0, 0.05) is 25.1 Å². The molecule has 6 heteroatoms. The lowest BCUT2D eigenvalue weighted by Gasteiger charge is -2.18. The second-order valence-electron chi connectivity index (χ2n) is 4.89. The highest BCUT2D eigenvalue weighted by Gasteiger charge is 2.30. The van der Waals surface area contributed by atoms with Gasteiger partial charge < -0.3 is 15.7 Å². The van der Waals surface area contributed by atoms with Crippen molar-refractivity contribution >= 4 is 11.6 Å². The van der Waals surface area contributed by atoms with Crippen molar-refractivity contribution in [2.24, 2.45) is 5.92 Å². The van der Waals surface area contributed by atoms with Crippen LogP contribution in [0.2, 0.25) is 0 Å². The Morgan fingerprint density at radius 3 is 2.74 bits per heavy atom. The van der Waals surface area contributed by atoms with Gasteiger partial charge in [-0.2, -0.15) is 0 Å². The minimum atomic E-state index is -0.919. The largest absolute Gasteiger partial charge is 0.396 e. The fourth-order valence-corrected chi connectivity index (χ4v) is 2.27. The number of aliphatic hydroxyl groups is 1. The monoisotopic (exact) mass is 270 g/mol. The van der Waals surface area contributed by atoms with E-state index in [1.807, 2.05) is 0 Å². The van der Waals surface area contributed by atoms with E-state index in [1.54, 1.807) is 6.92 Å². The van der Waals surface area contributed by atoms with Gasteiger partial charge in [-0.1, -0.05) is 0 Å². The Kier molecular flexibility index (Phi) is 3.71. The van der Waals surface area contributed by atoms with E-state index in [2.05, 4.69) is 0 Å². The molecule has 104 valence electrons. The molecule has 3 N–H and O–H groups in total. The van der Waals surface area contributed by atoms with Crippen LogP contribution in [0.5, 0.6) is 0 Å². The number of carbonyl (C=O) groups is 1. The fourth-order valence-electron chi connectivity index (χ4n) is 2.27. The molecule has 2 rings (SSSR count). The van der Waals surface area contributed by atoms with E-state index in [0.717, 1.165) is 6.07 Å². The molecule has 0 bridgehead atoms. The summed E-state index contributed by atoms with van der Waals surface area (Å²) in [5.41, 5.74) is 4.86. The summed E-state index contributed by atoms with van der Waals surface area (Å²) >= 11 is 0. The van der Waals surface area contributed by atoms with E-state index >= 15 is 0 Å². The van der Waals surface area contributed by atoms with Gasteiger partial charge in [-0.15, -0.1) is 0 Å². The standard InChI is InChI=1S/C13H16F2N2O2/c1-7(18)8-2-3-17(6-8)13(19)9-4-12(16)11(15)5-10(9)14/h4-5,7-8,18H,2-3,6,16H2,1H3. The first-order valence-electron chi connectivity index (χ1n) is 6.12. The molecule has 0 radical (unpaired) electrons. The summed E-state index contributed by atoms with van der Waals surface area (Å²) < 4.78 is 26.6. The first-order valence-corrected chi connectivity index (χ1v) is 6.12. The first kappa shape index (κ1) is 13.7. The van der Waals surface area contributed by atoms with Crippen molar-refractivity contribution in [2.75, 3.05) is 18.8 Å². The molecule has 0 saturated carbocycles. The van der Waals surface area contributed by atoms with Crippen molar-refractivity contribution in [3.63, 3.8) is 0 Å². The highest BCUT2D eigenvalue weighted by atomic mass is 19.1. The molecule has 1 saturated heterocycles. The van der Waals surface area contributed by atoms with Crippen LogP contribution in [0.1, 0.15) is 23.7 Å². The van der Waals surface area contributed by atoms with Gasteiger partial charge in [0.25, 0.3) is 5.91 Å². The average Bonchev–Trinajstić information content (AvgIpc) is 2.82. The summed E-state index contributed by atoms with van der Waals surface area (Å²) in [6, 6.07) is 1.63. The van der Waals surface area contributed by atoms with E-state index < -0.39 is 23.6 Å². The summed E-state index contributed by atoms with van der Waals surface area (Å²) in [6.07, 6.45) is 0.155. The van der Waals surface area contributed by atoms with Crippen molar-refractivity contribution in [1.82, 2.24) is 4.90 Å². The maximum Gasteiger partial charge on any atom is 0.256 e. The number of anilines is 1. The molecule has 1 heterocycles. The number of rotatable bonds is 2. The maximum absolute atomic E-state index is 13.6. The van der Waals surface area contributed by atoms with Gasteiger partial charge in [-0.3, -0.25) is 4.79 Å². The third-order valence-electron chi connectivity index (χ3n) is 3.51. The van der Waals surface area contributed by atoms with Crippen molar-refractivity contribution in [3.8, 4) is 0 Å². The van der Waals surface area contributed by atoms with Crippen molar-refractivity contribution in [2.45, 2.75) is 19.4 Å². The van der Waals surface area contributed by atoms with Crippen LogP contribution in [-0.4, -0.2) is 35.1 Å². The molecule has 0 aliphatic carbocycles. The highest BCUT2D eigenvalue weighted by Crippen LogP contribution is 2.24. The Bertz CT molecular complexity index is 506. The van der Waals surface area contributed by atoms with Crippen molar-refractivity contribution in [3.05, 3.63) is 29.3 Å². The van der Waals surface area contributed by atoms with Crippen LogP contribution in [0.15, 0.2) is 12.1 Å². The molecule has 1 aromatic rings. The van der Waals surface area contributed by atoms with E-state index in [0.29, 0.717) is 25.6 Å². The zero-order chi connectivity index (χ0) is 14.2. The van der Waals surface area contributed by atoms with Crippen LogP contribution in [-0.2, 0) is 0 Å². The van der Waals surface area contributed by atoms with E-state index in [-0.39, 0.29) is 17.2 Å². The Morgan fingerprint density at radius 2 is 2.16 bits per heavy atom. The number of hydrogen-bond acceptors (Lipinski definition) is 3. The summed E-state index contributed by atoms with van der Waals surface area (Å²) in [6.45, 7) is 2.48. The third kappa shape index (κ3) is 2.68. The number of halogens is 2. The van der Waals surface area contributed by atoms with Crippen LogP contribution in [0.25, 0.3) is 0 Å². The lowest BCUT2D eigenvalue weighted by Crippen LogP contribution is -2.31. The smallest absolute Gasteiger partial charge is 0.256 e. The molecule has 2 unspecified atom stereocenters. The predicted octanol–water partition coefficient (Wildman–Crippen LogP) is 1.39. The molecule has 1 aliphatic rings. The summed E-state index contributed by atoms with van der Waals surface area (Å²) in [5, 5.41) is 9.48. The normalized spacial score (nSPS) is 20.6. The lowest BCUT2D eigenvalue weighted by atomic mass is 10.0. The molecule has 4 nitrogen and oxygen atoms in total. The van der Waals surface area contributed by atoms with Crippen LogP contribution < -0.4 is 5.73 Å². The van der Waals surface area contributed by atoms with Gasteiger partial charge in [-0.05, 0) is 19.4 Å². The zero-order valence-corrected chi connectivity index (χ0v) is 10.6. The molecular weight excluding hydrogens is 254 g/mol. The predicted molar refractivity (Wildman–Crippen MR) is 66.5 cm³/mol. The molecule has 1 aromatic carbocycles. The minimum Gasteiger partial charge on any atom is -0.396 e. The van der Waals surface area contributed by atoms with Gasteiger partial charge >= 0.3 is 0 Å². The second-order valence-corrected chi connectivity index (χ2v) is 4.89. The molecule has 1 aliphatic heterocycles. The van der Waals surface area contributed by atoms with Gasteiger partial charge in [-0.25, -0.2) is 8.78 Å². The van der Waals surface area contributed by atoms with Gasteiger partial charge in [0.2, 0.25) is 0 Å². The maximum atomic E-state index is 13.6. The highest BCUT2D eigenvalue weighted by molar-refractivity contribution is 5.95. The Morgan fingerprint density at radius 1 is 1.47 bits per heavy atom. The molecule has 1 amide bonds. The molecule has 2 atom stereocenters. The van der Waals surface area contributed by atoms with E-state index in [9.17, 15) is 18.7 Å². The number of nitrogen functional groups attached to an aromatic ring is 1. The van der Waals surface area contributed by atoms with Gasteiger partial charge in [0.15, 0.2) is 0 Å². The number of nitrogens with zero attached hydrogens (tertiary/aromatic N) is 1. The second kappa shape index (κ2) is 5.13. The van der Waals surface area contributed by atoms with Crippen LogP contribution in [0.3, 0.4) is 0 Å².